The molecule has 1 saturated carbocycles. The molecule has 0 bridgehead atoms. The third-order valence-electron chi connectivity index (χ3n) is 3.04. The van der Waals surface area contributed by atoms with E-state index in [9.17, 15) is 18.3 Å². The first kappa shape index (κ1) is 12.9. The molecule has 1 heterocycles. The minimum absolute atomic E-state index is 0.0106. The summed E-state index contributed by atoms with van der Waals surface area (Å²) in [6, 6.07) is 0.798. The molecule has 18 heavy (non-hydrogen) atoms. The molecule has 0 atom stereocenters. The SMILES string of the molecule is Nc1nc(NC2(CO)CCC2)cc(C(F)(F)F)n1. The summed E-state index contributed by atoms with van der Waals surface area (Å²) in [5.74, 6) is -0.455. The van der Waals surface area contributed by atoms with Crippen LogP contribution in [0.4, 0.5) is 24.9 Å². The summed E-state index contributed by atoms with van der Waals surface area (Å²) >= 11 is 0. The van der Waals surface area contributed by atoms with Crippen LogP contribution in [-0.2, 0) is 6.18 Å². The predicted octanol–water partition coefficient (Wildman–Crippen LogP) is 1.40. The van der Waals surface area contributed by atoms with E-state index in [1.54, 1.807) is 0 Å². The number of nitrogens with one attached hydrogen (secondary N) is 1. The first-order valence-corrected chi connectivity index (χ1v) is 5.45. The van der Waals surface area contributed by atoms with Crippen molar-refractivity contribution >= 4 is 11.8 Å². The maximum atomic E-state index is 12.5. The summed E-state index contributed by atoms with van der Waals surface area (Å²) in [7, 11) is 0. The van der Waals surface area contributed by atoms with Gasteiger partial charge in [0.2, 0.25) is 5.95 Å². The molecule has 8 heteroatoms. The highest BCUT2D eigenvalue weighted by Crippen LogP contribution is 2.36. The Bertz CT molecular complexity index is 440. The van der Waals surface area contributed by atoms with Crippen LogP contribution in [0.5, 0.6) is 0 Å². The van der Waals surface area contributed by atoms with E-state index in [0.29, 0.717) is 12.8 Å². The zero-order chi connectivity index (χ0) is 13.4. The van der Waals surface area contributed by atoms with Crippen LogP contribution in [0.1, 0.15) is 25.0 Å². The van der Waals surface area contributed by atoms with E-state index >= 15 is 0 Å². The minimum atomic E-state index is -4.57. The first-order valence-electron chi connectivity index (χ1n) is 5.45. The zero-order valence-corrected chi connectivity index (χ0v) is 9.46. The normalized spacial score (nSPS) is 18.2. The molecule has 1 aromatic rings. The molecule has 100 valence electrons. The number of anilines is 2. The van der Waals surface area contributed by atoms with Gasteiger partial charge in [-0.2, -0.15) is 18.2 Å². The van der Waals surface area contributed by atoms with Crippen LogP contribution in [0.2, 0.25) is 0 Å². The molecule has 1 aliphatic carbocycles. The third kappa shape index (κ3) is 2.47. The molecule has 4 N–H and O–H groups in total. The van der Waals surface area contributed by atoms with Gasteiger partial charge in [0.05, 0.1) is 12.1 Å². The number of hydrogen-bond acceptors (Lipinski definition) is 5. The Morgan fingerprint density at radius 3 is 2.50 bits per heavy atom. The lowest BCUT2D eigenvalue weighted by Gasteiger charge is -2.41. The maximum Gasteiger partial charge on any atom is 0.433 e. The number of aliphatic hydroxyl groups excluding tert-OH is 1. The standard InChI is InChI=1S/C10H13F3N4O/c11-10(12,13)6-4-7(16-8(14)15-6)17-9(5-18)2-1-3-9/h4,18H,1-3,5H2,(H3,14,15,16,17). The summed E-state index contributed by atoms with van der Waals surface area (Å²) in [5, 5.41) is 12.1. The number of alkyl halides is 3. The van der Waals surface area contributed by atoms with Crippen LogP contribution in [-0.4, -0.2) is 27.2 Å². The van der Waals surface area contributed by atoms with Crippen molar-refractivity contribution in [2.24, 2.45) is 0 Å². The Balaban J connectivity index is 2.26. The van der Waals surface area contributed by atoms with Gasteiger partial charge >= 0.3 is 6.18 Å². The van der Waals surface area contributed by atoms with Gasteiger partial charge in [-0.3, -0.25) is 0 Å². The summed E-state index contributed by atoms with van der Waals surface area (Å²) in [5.41, 5.74) is 3.58. The van der Waals surface area contributed by atoms with Crippen LogP contribution in [0.3, 0.4) is 0 Å². The Hall–Kier alpha value is -1.57. The van der Waals surface area contributed by atoms with E-state index < -0.39 is 23.4 Å². The summed E-state index contributed by atoms with van der Waals surface area (Å²) in [6.45, 7) is -0.155. The van der Waals surface area contributed by atoms with Crippen LogP contribution in [0, 0.1) is 0 Å². The zero-order valence-electron chi connectivity index (χ0n) is 9.46. The maximum absolute atomic E-state index is 12.5. The van der Waals surface area contributed by atoms with Crippen LogP contribution < -0.4 is 11.1 Å². The quantitative estimate of drug-likeness (QED) is 0.767. The van der Waals surface area contributed by atoms with Gasteiger partial charge in [0.15, 0.2) is 5.69 Å². The number of aliphatic hydroxyl groups is 1. The van der Waals surface area contributed by atoms with E-state index in [1.165, 1.54) is 0 Å². The van der Waals surface area contributed by atoms with Crippen molar-refractivity contribution < 1.29 is 18.3 Å². The lowest BCUT2D eigenvalue weighted by molar-refractivity contribution is -0.141. The molecular formula is C10H13F3N4O. The van der Waals surface area contributed by atoms with Crippen molar-refractivity contribution in [1.29, 1.82) is 0 Å². The predicted molar refractivity (Wildman–Crippen MR) is 58.7 cm³/mol. The van der Waals surface area contributed by atoms with E-state index in [1.807, 2.05) is 0 Å². The fourth-order valence-corrected chi connectivity index (χ4v) is 1.87. The van der Waals surface area contributed by atoms with E-state index in [-0.39, 0.29) is 12.4 Å². The van der Waals surface area contributed by atoms with E-state index in [4.69, 9.17) is 5.73 Å². The fourth-order valence-electron chi connectivity index (χ4n) is 1.87. The average molecular weight is 262 g/mol. The van der Waals surface area contributed by atoms with Gasteiger partial charge < -0.3 is 16.2 Å². The molecule has 0 unspecified atom stereocenters. The molecule has 1 aromatic heterocycles. The van der Waals surface area contributed by atoms with Crippen LogP contribution >= 0.6 is 0 Å². The lowest BCUT2D eigenvalue weighted by atomic mass is 9.77. The van der Waals surface area contributed by atoms with Crippen molar-refractivity contribution in [2.45, 2.75) is 31.0 Å². The molecule has 0 saturated heterocycles. The minimum Gasteiger partial charge on any atom is -0.394 e. The van der Waals surface area contributed by atoms with E-state index in [2.05, 4.69) is 15.3 Å². The Labute approximate surface area is 101 Å². The molecule has 2 rings (SSSR count). The highest BCUT2D eigenvalue weighted by atomic mass is 19.4. The molecule has 0 aromatic carbocycles. The van der Waals surface area contributed by atoms with E-state index in [0.717, 1.165) is 12.5 Å². The Morgan fingerprint density at radius 1 is 1.39 bits per heavy atom. The summed E-state index contributed by atoms with van der Waals surface area (Å²) in [6.07, 6.45) is -2.27. The number of hydrogen-bond donors (Lipinski definition) is 3. The number of nitrogens with zero attached hydrogens (tertiary/aromatic N) is 2. The summed E-state index contributed by atoms with van der Waals surface area (Å²) in [4.78, 5) is 6.85. The van der Waals surface area contributed by atoms with Gasteiger partial charge in [-0.1, -0.05) is 0 Å². The second kappa shape index (κ2) is 4.27. The van der Waals surface area contributed by atoms with Gasteiger partial charge in [-0.25, -0.2) is 4.98 Å². The van der Waals surface area contributed by atoms with Crippen molar-refractivity contribution in [2.75, 3.05) is 17.7 Å². The lowest BCUT2D eigenvalue weighted by Crippen LogP contribution is -2.48. The Morgan fingerprint density at radius 2 is 2.06 bits per heavy atom. The Kier molecular flexibility index (Phi) is 3.05. The third-order valence-corrected chi connectivity index (χ3v) is 3.04. The van der Waals surface area contributed by atoms with Gasteiger partial charge in [0.1, 0.15) is 5.82 Å². The highest BCUT2D eigenvalue weighted by molar-refractivity contribution is 5.44. The van der Waals surface area contributed by atoms with Gasteiger partial charge in [0, 0.05) is 6.07 Å². The molecule has 1 fully saturated rings. The molecule has 0 amide bonds. The molecule has 1 aliphatic rings. The molecule has 0 aliphatic heterocycles. The second-order valence-electron chi connectivity index (χ2n) is 4.41. The van der Waals surface area contributed by atoms with Crippen molar-refractivity contribution in [3.05, 3.63) is 11.8 Å². The summed E-state index contributed by atoms with van der Waals surface area (Å²) < 4.78 is 37.6. The highest BCUT2D eigenvalue weighted by Gasteiger charge is 2.38. The second-order valence-corrected chi connectivity index (χ2v) is 4.41. The monoisotopic (exact) mass is 262 g/mol. The number of aromatic nitrogens is 2. The average Bonchev–Trinajstić information content (AvgIpc) is 2.21. The molecule has 0 radical (unpaired) electrons. The number of halogens is 3. The van der Waals surface area contributed by atoms with Crippen molar-refractivity contribution in [3.8, 4) is 0 Å². The fraction of sp³-hybridized carbons (Fsp3) is 0.600. The van der Waals surface area contributed by atoms with Crippen LogP contribution in [0.15, 0.2) is 6.07 Å². The smallest absolute Gasteiger partial charge is 0.394 e. The van der Waals surface area contributed by atoms with Gasteiger partial charge in [-0.15, -0.1) is 0 Å². The van der Waals surface area contributed by atoms with Gasteiger partial charge in [-0.05, 0) is 19.3 Å². The van der Waals surface area contributed by atoms with Gasteiger partial charge in [0.25, 0.3) is 0 Å². The molecule has 5 nitrogen and oxygen atoms in total. The topological polar surface area (TPSA) is 84.1 Å². The van der Waals surface area contributed by atoms with Crippen LogP contribution in [0.25, 0.3) is 0 Å². The molecular weight excluding hydrogens is 249 g/mol. The molecule has 0 spiro atoms. The van der Waals surface area contributed by atoms with Crippen molar-refractivity contribution in [3.63, 3.8) is 0 Å². The number of rotatable bonds is 3. The van der Waals surface area contributed by atoms with Crippen molar-refractivity contribution in [1.82, 2.24) is 9.97 Å². The number of nitrogens with two attached hydrogens (primary N) is 1. The largest absolute Gasteiger partial charge is 0.433 e. The number of nitrogen functional groups attached to an aromatic ring is 1. The first-order chi connectivity index (χ1) is 8.35.